The van der Waals surface area contributed by atoms with Crippen LogP contribution >= 0.6 is 0 Å². The van der Waals surface area contributed by atoms with Gasteiger partial charge in [-0.15, -0.1) is 0 Å². The lowest BCUT2D eigenvalue weighted by Gasteiger charge is -2.30. The number of ether oxygens (including phenoxy) is 3. The summed E-state index contributed by atoms with van der Waals surface area (Å²) < 4.78 is 32.8. The summed E-state index contributed by atoms with van der Waals surface area (Å²) in [6, 6.07) is 17.3. The van der Waals surface area contributed by atoms with Crippen molar-refractivity contribution in [1.82, 2.24) is 14.5 Å². The fraction of sp³-hybridized carbons (Fsp3) is 0.312. The normalized spacial score (nSPS) is 16.5. The molecule has 2 fully saturated rings. The van der Waals surface area contributed by atoms with Crippen LogP contribution in [0.4, 0.5) is 10.2 Å². The first-order valence-corrected chi connectivity index (χ1v) is 13.9. The molecule has 1 atom stereocenters. The molecule has 2 saturated heterocycles. The Morgan fingerprint density at radius 3 is 2.71 bits per heavy atom. The lowest BCUT2D eigenvalue weighted by Crippen LogP contribution is -2.32. The fourth-order valence-corrected chi connectivity index (χ4v) is 5.22. The first-order valence-electron chi connectivity index (χ1n) is 13.9. The lowest BCUT2D eigenvalue weighted by molar-refractivity contribution is -0.0587. The van der Waals surface area contributed by atoms with Crippen molar-refractivity contribution in [1.29, 1.82) is 5.26 Å². The Labute approximate surface area is 242 Å². The largest absolute Gasteiger partial charge is 0.473 e. The number of carbonyl (C=O) groups is 1. The summed E-state index contributed by atoms with van der Waals surface area (Å²) in [7, 11) is 1.38. The van der Waals surface area contributed by atoms with Gasteiger partial charge in [-0.1, -0.05) is 17.7 Å². The average Bonchev–Trinajstić information content (AvgIpc) is 3.34. The molecule has 2 aromatic heterocycles. The molecule has 6 rings (SSSR count). The number of methoxy groups -OCH3 is 1. The van der Waals surface area contributed by atoms with E-state index in [0.29, 0.717) is 23.6 Å². The smallest absolute Gasteiger partial charge is 0.337 e. The van der Waals surface area contributed by atoms with Crippen LogP contribution in [0.2, 0.25) is 0 Å². The first kappa shape index (κ1) is 27.4. The van der Waals surface area contributed by atoms with E-state index in [1.54, 1.807) is 24.3 Å². The van der Waals surface area contributed by atoms with Crippen molar-refractivity contribution < 1.29 is 23.4 Å². The number of nitrogens with zero attached hydrogens (tertiary/aromatic N) is 5. The molecule has 0 bridgehead atoms. The molecule has 0 amide bonds. The molecule has 0 spiro atoms. The number of aromatic nitrogens is 3. The van der Waals surface area contributed by atoms with Crippen LogP contribution in [0.25, 0.3) is 17.1 Å². The number of anilines is 1. The van der Waals surface area contributed by atoms with E-state index >= 15 is 0 Å². The number of piperidine rings is 1. The van der Waals surface area contributed by atoms with Crippen LogP contribution in [-0.2, 0) is 22.6 Å². The molecule has 0 radical (unpaired) electrons. The van der Waals surface area contributed by atoms with E-state index in [0.717, 1.165) is 61.6 Å². The summed E-state index contributed by atoms with van der Waals surface area (Å²) in [5.74, 6) is 1.22. The van der Waals surface area contributed by atoms with Gasteiger partial charge >= 0.3 is 5.97 Å². The Morgan fingerprint density at radius 2 is 2.00 bits per heavy atom. The molecule has 0 N–H and O–H groups in total. The maximum absolute atomic E-state index is 14.2. The van der Waals surface area contributed by atoms with Gasteiger partial charge in [0.1, 0.15) is 24.1 Å². The average molecular weight is 568 g/mol. The molecule has 4 aromatic rings. The van der Waals surface area contributed by atoms with Gasteiger partial charge in [0.15, 0.2) is 0 Å². The van der Waals surface area contributed by atoms with Crippen molar-refractivity contribution in [2.75, 3.05) is 31.7 Å². The van der Waals surface area contributed by atoms with Crippen LogP contribution in [-0.4, -0.2) is 53.4 Å². The Balaban J connectivity index is 1.15. The van der Waals surface area contributed by atoms with Gasteiger partial charge in [0.25, 0.3) is 0 Å². The highest BCUT2D eigenvalue weighted by Crippen LogP contribution is 2.28. The SMILES string of the molecule is COC(=O)c1ccc2nc(C=C3CCN(c4cccc(OCc5ccc(C#N)cc5F)n4)CC3)n(C[C@@H]3CCO3)c2c1. The maximum Gasteiger partial charge on any atom is 0.337 e. The van der Waals surface area contributed by atoms with Crippen LogP contribution in [0.15, 0.2) is 60.2 Å². The number of fused-ring (bicyclic) bond motifs is 1. The van der Waals surface area contributed by atoms with Gasteiger partial charge in [-0.05, 0) is 61.7 Å². The van der Waals surface area contributed by atoms with Crippen molar-refractivity contribution >= 4 is 28.9 Å². The second-order valence-corrected chi connectivity index (χ2v) is 10.4. The molecule has 0 aliphatic carbocycles. The second-order valence-electron chi connectivity index (χ2n) is 10.4. The summed E-state index contributed by atoms with van der Waals surface area (Å²) in [6.07, 6.45) is 4.99. The number of hydrogen-bond donors (Lipinski definition) is 0. The molecular weight excluding hydrogens is 537 g/mol. The monoisotopic (exact) mass is 567 g/mol. The summed E-state index contributed by atoms with van der Waals surface area (Å²) in [5, 5.41) is 8.94. The number of benzene rings is 2. The number of nitriles is 1. The van der Waals surface area contributed by atoms with Gasteiger partial charge < -0.3 is 23.7 Å². The van der Waals surface area contributed by atoms with E-state index in [1.165, 1.54) is 18.7 Å². The molecule has 10 heteroatoms. The Morgan fingerprint density at radius 1 is 1.17 bits per heavy atom. The zero-order valence-corrected chi connectivity index (χ0v) is 23.3. The molecule has 0 unspecified atom stereocenters. The first-order chi connectivity index (χ1) is 20.5. The van der Waals surface area contributed by atoms with Gasteiger partial charge in [-0.3, -0.25) is 0 Å². The van der Waals surface area contributed by atoms with Crippen LogP contribution in [0.5, 0.6) is 5.88 Å². The quantitative estimate of drug-likeness (QED) is 0.265. The van der Waals surface area contributed by atoms with E-state index < -0.39 is 5.82 Å². The van der Waals surface area contributed by atoms with Crippen LogP contribution in [0.1, 0.15) is 46.6 Å². The highest BCUT2D eigenvalue weighted by atomic mass is 19.1. The van der Waals surface area contributed by atoms with Gasteiger partial charge in [0, 0.05) is 31.3 Å². The van der Waals surface area contributed by atoms with Crippen LogP contribution < -0.4 is 9.64 Å². The minimum Gasteiger partial charge on any atom is -0.473 e. The number of pyridine rings is 1. The van der Waals surface area contributed by atoms with Gasteiger partial charge in [0.05, 0.1) is 48.0 Å². The topological polar surface area (TPSA) is 102 Å². The number of carbonyl (C=O) groups excluding carboxylic acids is 1. The number of halogens is 1. The van der Waals surface area contributed by atoms with Crippen molar-refractivity contribution in [3.05, 3.63) is 88.5 Å². The van der Waals surface area contributed by atoms with E-state index in [4.69, 9.17) is 24.5 Å². The molecule has 4 heterocycles. The number of imidazole rings is 1. The predicted octanol–water partition coefficient (Wildman–Crippen LogP) is 5.28. The Kier molecular flexibility index (Phi) is 7.84. The Bertz CT molecular complexity index is 1700. The summed E-state index contributed by atoms with van der Waals surface area (Å²) in [6.45, 7) is 3.03. The van der Waals surface area contributed by atoms with Crippen LogP contribution in [0, 0.1) is 17.1 Å². The second kappa shape index (κ2) is 12.0. The third-order valence-corrected chi connectivity index (χ3v) is 7.71. The van der Waals surface area contributed by atoms with Crippen LogP contribution in [0.3, 0.4) is 0 Å². The molecule has 9 nitrogen and oxygen atoms in total. The lowest BCUT2D eigenvalue weighted by atomic mass is 10.0. The van der Waals surface area contributed by atoms with Gasteiger partial charge in [0.2, 0.25) is 5.88 Å². The van der Waals surface area contributed by atoms with Gasteiger partial charge in [-0.25, -0.2) is 14.2 Å². The third-order valence-electron chi connectivity index (χ3n) is 7.71. The van der Waals surface area contributed by atoms with E-state index in [2.05, 4.69) is 20.5 Å². The fourth-order valence-electron chi connectivity index (χ4n) is 5.22. The summed E-state index contributed by atoms with van der Waals surface area (Å²) in [4.78, 5) is 23.9. The standard InChI is InChI=1S/C32H30FN5O4/c1-40-32(39)23-7-8-27-28(17-23)38(19-25-11-14-41-25)30(35-27)16-21-9-12-37(13-10-21)29-3-2-4-31(36-29)42-20-24-6-5-22(18-34)15-26(24)33/h2-8,15-17,25H,9-14,19-20H2,1H3/t25-/m0/s1. The molecule has 2 aromatic carbocycles. The number of rotatable bonds is 8. The molecule has 2 aliphatic rings. The molecule has 0 saturated carbocycles. The minimum absolute atomic E-state index is 0.0227. The molecule has 2 aliphatic heterocycles. The molecule has 214 valence electrons. The zero-order chi connectivity index (χ0) is 29.1. The van der Waals surface area contributed by atoms with E-state index in [9.17, 15) is 9.18 Å². The molecule has 42 heavy (non-hydrogen) atoms. The summed E-state index contributed by atoms with van der Waals surface area (Å²) in [5.41, 5.74) is 4.13. The number of hydrogen-bond acceptors (Lipinski definition) is 8. The zero-order valence-electron chi connectivity index (χ0n) is 23.3. The van der Waals surface area contributed by atoms with Crippen molar-refractivity contribution in [2.45, 2.75) is 38.5 Å². The maximum atomic E-state index is 14.2. The predicted molar refractivity (Wildman–Crippen MR) is 155 cm³/mol. The Hall–Kier alpha value is -4.75. The van der Waals surface area contributed by atoms with Crippen molar-refractivity contribution in [3.8, 4) is 11.9 Å². The highest BCUT2D eigenvalue weighted by Gasteiger charge is 2.23. The number of esters is 1. The highest BCUT2D eigenvalue weighted by molar-refractivity contribution is 5.94. The van der Waals surface area contributed by atoms with Crippen molar-refractivity contribution in [3.63, 3.8) is 0 Å². The van der Waals surface area contributed by atoms with Gasteiger partial charge in [-0.2, -0.15) is 10.2 Å². The molecular formula is C32H30FN5O4. The summed E-state index contributed by atoms with van der Waals surface area (Å²) >= 11 is 0. The minimum atomic E-state index is -0.474. The van der Waals surface area contributed by atoms with E-state index in [1.807, 2.05) is 30.3 Å². The van der Waals surface area contributed by atoms with E-state index in [-0.39, 0.29) is 24.2 Å². The third kappa shape index (κ3) is 5.83. The van der Waals surface area contributed by atoms with Crippen molar-refractivity contribution in [2.24, 2.45) is 0 Å².